The maximum absolute atomic E-state index is 10.6. The van der Waals surface area contributed by atoms with E-state index in [-0.39, 0.29) is 11.8 Å². The number of aromatic nitrogens is 3. The minimum Gasteiger partial charge on any atom is -0.481 e. The van der Waals surface area contributed by atoms with Crippen molar-refractivity contribution >= 4 is 17.7 Å². The number of nitrogens with zero attached hydrogens (tertiary/aromatic N) is 4. The van der Waals surface area contributed by atoms with Crippen LogP contribution in [0.5, 0.6) is 0 Å². The topological polar surface area (TPSA) is 71.2 Å². The Bertz CT molecular complexity index is 418. The van der Waals surface area contributed by atoms with Crippen molar-refractivity contribution in [2.24, 2.45) is 0 Å². The van der Waals surface area contributed by atoms with Crippen molar-refractivity contribution in [2.45, 2.75) is 38.9 Å². The fourth-order valence-corrected chi connectivity index (χ4v) is 2.82. The predicted molar refractivity (Wildman–Crippen MR) is 75.6 cm³/mol. The summed E-state index contributed by atoms with van der Waals surface area (Å²) in [4.78, 5) is 13.0. The first-order chi connectivity index (χ1) is 8.99. The minimum absolute atomic E-state index is 0.0100. The molecular weight excluding hydrogens is 264 g/mol. The van der Waals surface area contributed by atoms with Crippen LogP contribution in [0.15, 0.2) is 5.16 Å². The maximum Gasteiger partial charge on any atom is 0.313 e. The lowest BCUT2D eigenvalue weighted by atomic mass is 10.3. The summed E-state index contributed by atoms with van der Waals surface area (Å²) < 4.78 is 2.02. The number of hydrogen-bond donors (Lipinski definition) is 1. The highest BCUT2D eigenvalue weighted by molar-refractivity contribution is 7.99. The molecule has 1 aromatic rings. The number of rotatable bonds is 8. The zero-order valence-corrected chi connectivity index (χ0v) is 12.8. The van der Waals surface area contributed by atoms with E-state index in [2.05, 4.69) is 35.9 Å². The summed E-state index contributed by atoms with van der Waals surface area (Å²) in [6.45, 7) is 11.2. The molecule has 1 unspecified atom stereocenters. The molecule has 19 heavy (non-hydrogen) atoms. The molecular formula is C12H22N4O2S. The maximum atomic E-state index is 10.6. The molecule has 0 aliphatic carbocycles. The fourth-order valence-electron chi connectivity index (χ4n) is 2.02. The summed E-state index contributed by atoms with van der Waals surface area (Å²) in [5.74, 6) is -0.00279. The van der Waals surface area contributed by atoms with Gasteiger partial charge in [-0.25, -0.2) is 0 Å². The number of carboxylic acids is 1. The van der Waals surface area contributed by atoms with Gasteiger partial charge in [-0.05, 0) is 26.9 Å². The van der Waals surface area contributed by atoms with Crippen molar-refractivity contribution in [3.8, 4) is 0 Å². The first kappa shape index (κ1) is 16.0. The van der Waals surface area contributed by atoms with Gasteiger partial charge in [-0.15, -0.1) is 10.2 Å². The van der Waals surface area contributed by atoms with E-state index < -0.39 is 5.97 Å². The molecule has 1 heterocycles. The third kappa shape index (κ3) is 4.50. The molecule has 0 saturated carbocycles. The molecule has 1 N–H and O–H groups in total. The van der Waals surface area contributed by atoms with E-state index in [4.69, 9.17) is 5.11 Å². The molecule has 0 aliphatic rings. The smallest absolute Gasteiger partial charge is 0.313 e. The third-order valence-corrected chi connectivity index (χ3v) is 3.95. The Kier molecular flexibility index (Phi) is 6.30. The van der Waals surface area contributed by atoms with Gasteiger partial charge in [-0.3, -0.25) is 4.79 Å². The number of hydrogen-bond acceptors (Lipinski definition) is 5. The lowest BCUT2D eigenvalue weighted by Crippen LogP contribution is -2.30. The van der Waals surface area contributed by atoms with Crippen LogP contribution in [0.2, 0.25) is 0 Å². The molecule has 108 valence electrons. The first-order valence-electron chi connectivity index (χ1n) is 6.48. The summed E-state index contributed by atoms with van der Waals surface area (Å²) in [6, 6.07) is 0.228. The van der Waals surface area contributed by atoms with E-state index in [9.17, 15) is 4.79 Å². The van der Waals surface area contributed by atoms with Crippen molar-refractivity contribution in [3.05, 3.63) is 5.82 Å². The Hall–Kier alpha value is -1.08. The van der Waals surface area contributed by atoms with Crippen LogP contribution in [-0.4, -0.2) is 56.1 Å². The van der Waals surface area contributed by atoms with Crippen LogP contribution in [-0.2, 0) is 4.79 Å². The van der Waals surface area contributed by atoms with Crippen molar-refractivity contribution in [1.82, 2.24) is 19.7 Å². The number of thioether (sulfide) groups is 1. The van der Waals surface area contributed by atoms with Crippen molar-refractivity contribution < 1.29 is 9.90 Å². The van der Waals surface area contributed by atoms with Gasteiger partial charge in [0.15, 0.2) is 5.16 Å². The molecule has 0 amide bonds. The van der Waals surface area contributed by atoms with E-state index in [0.717, 1.165) is 25.5 Å². The highest BCUT2D eigenvalue weighted by atomic mass is 32.2. The number of carboxylic acid groups (broad SMARTS) is 1. The Labute approximate surface area is 118 Å². The summed E-state index contributed by atoms with van der Waals surface area (Å²) in [5.41, 5.74) is 0. The second kappa shape index (κ2) is 7.49. The van der Waals surface area contributed by atoms with E-state index >= 15 is 0 Å². The Morgan fingerprint density at radius 2 is 2.05 bits per heavy atom. The van der Waals surface area contributed by atoms with Crippen LogP contribution >= 0.6 is 11.8 Å². The van der Waals surface area contributed by atoms with Crippen molar-refractivity contribution in [1.29, 1.82) is 0 Å². The van der Waals surface area contributed by atoms with Crippen LogP contribution in [0.1, 0.15) is 32.6 Å². The first-order valence-corrected chi connectivity index (χ1v) is 7.46. The summed E-state index contributed by atoms with van der Waals surface area (Å²) in [6.07, 6.45) is 0. The quantitative estimate of drug-likeness (QED) is 0.733. The van der Waals surface area contributed by atoms with E-state index in [1.165, 1.54) is 11.8 Å². The Balaban J connectivity index is 2.79. The average molecular weight is 286 g/mol. The van der Waals surface area contributed by atoms with Gasteiger partial charge < -0.3 is 14.6 Å². The second-order valence-electron chi connectivity index (χ2n) is 4.42. The van der Waals surface area contributed by atoms with Crippen molar-refractivity contribution in [3.63, 3.8) is 0 Å². The van der Waals surface area contributed by atoms with Gasteiger partial charge in [-0.2, -0.15) is 0 Å². The normalized spacial score (nSPS) is 12.9. The van der Waals surface area contributed by atoms with E-state index in [1.807, 2.05) is 11.5 Å². The van der Waals surface area contributed by atoms with Gasteiger partial charge in [0.2, 0.25) is 0 Å². The van der Waals surface area contributed by atoms with Gasteiger partial charge in [0.05, 0.1) is 5.75 Å². The van der Waals surface area contributed by atoms with Crippen LogP contribution in [0.4, 0.5) is 0 Å². The minimum atomic E-state index is -0.839. The fraction of sp³-hybridized carbons (Fsp3) is 0.750. The van der Waals surface area contributed by atoms with Crippen LogP contribution in [0.25, 0.3) is 0 Å². The van der Waals surface area contributed by atoms with Gasteiger partial charge in [-0.1, -0.05) is 25.6 Å². The molecule has 0 spiro atoms. The van der Waals surface area contributed by atoms with Crippen LogP contribution in [0, 0.1) is 6.92 Å². The molecule has 0 radical (unpaired) electrons. The highest BCUT2D eigenvalue weighted by Crippen LogP contribution is 2.21. The SMILES string of the molecule is CCN(CC)CC(C)n1c(C)nnc1SCC(=O)O. The predicted octanol–water partition coefficient (Wildman–Crippen LogP) is 1.67. The molecule has 0 bridgehead atoms. The molecule has 0 fully saturated rings. The zero-order chi connectivity index (χ0) is 14.4. The zero-order valence-electron chi connectivity index (χ0n) is 12.0. The van der Waals surface area contributed by atoms with Gasteiger partial charge in [0.25, 0.3) is 0 Å². The van der Waals surface area contributed by atoms with Crippen molar-refractivity contribution in [2.75, 3.05) is 25.4 Å². The van der Waals surface area contributed by atoms with Crippen LogP contribution in [0.3, 0.4) is 0 Å². The average Bonchev–Trinajstić information content (AvgIpc) is 2.74. The molecule has 1 aromatic heterocycles. The summed E-state index contributed by atoms with van der Waals surface area (Å²) in [7, 11) is 0. The number of likely N-dealkylation sites (N-methyl/N-ethyl adjacent to an activating group) is 1. The lowest BCUT2D eigenvalue weighted by Gasteiger charge is -2.24. The molecule has 7 heteroatoms. The Morgan fingerprint density at radius 3 is 2.58 bits per heavy atom. The van der Waals surface area contributed by atoms with E-state index in [1.54, 1.807) is 0 Å². The van der Waals surface area contributed by atoms with Gasteiger partial charge in [0.1, 0.15) is 5.82 Å². The third-order valence-electron chi connectivity index (χ3n) is 3.02. The van der Waals surface area contributed by atoms with Gasteiger partial charge in [0, 0.05) is 12.6 Å². The molecule has 1 rings (SSSR count). The van der Waals surface area contributed by atoms with Crippen LogP contribution < -0.4 is 0 Å². The molecule has 1 atom stereocenters. The standard InChI is InChI=1S/C12H22N4O2S/c1-5-15(6-2)7-9(3)16-10(4)13-14-12(16)19-8-11(17)18/h9H,5-8H2,1-4H3,(H,17,18). The van der Waals surface area contributed by atoms with E-state index in [0.29, 0.717) is 5.16 Å². The number of aryl methyl sites for hydroxylation is 1. The molecule has 0 saturated heterocycles. The number of aliphatic carboxylic acids is 1. The summed E-state index contributed by atoms with van der Waals surface area (Å²) >= 11 is 1.22. The molecule has 0 aliphatic heterocycles. The molecule has 6 nitrogen and oxygen atoms in total. The highest BCUT2D eigenvalue weighted by Gasteiger charge is 2.17. The second-order valence-corrected chi connectivity index (χ2v) is 5.36. The lowest BCUT2D eigenvalue weighted by molar-refractivity contribution is -0.133. The summed E-state index contributed by atoms with van der Waals surface area (Å²) in [5, 5.41) is 17.5. The molecule has 0 aromatic carbocycles. The monoisotopic (exact) mass is 286 g/mol. The Morgan fingerprint density at radius 1 is 1.42 bits per heavy atom. The number of carbonyl (C=O) groups is 1. The largest absolute Gasteiger partial charge is 0.481 e. The van der Waals surface area contributed by atoms with Gasteiger partial charge >= 0.3 is 5.97 Å².